The van der Waals surface area contributed by atoms with E-state index in [0.717, 1.165) is 16.7 Å². The normalized spacial score (nSPS) is 12.3. The lowest BCUT2D eigenvalue weighted by Gasteiger charge is -2.12. The molecule has 0 aliphatic carbocycles. The lowest BCUT2D eigenvalue weighted by atomic mass is 10.0. The topological polar surface area (TPSA) is 29.1 Å². The van der Waals surface area contributed by atoms with Gasteiger partial charge in [-0.25, -0.2) is 0 Å². The molecule has 1 N–H and O–H groups in total. The predicted molar refractivity (Wildman–Crippen MR) is 63.6 cm³/mol. The molecule has 0 heterocycles. The maximum Gasteiger partial charge on any atom is 0.251 e. The monoisotopic (exact) mass is 225 g/mol. The Labute approximate surface area is 95.6 Å². The molecule has 0 aliphatic rings. The lowest BCUT2D eigenvalue weighted by molar-refractivity contribution is 0.0943. The van der Waals surface area contributed by atoms with Gasteiger partial charge in [0, 0.05) is 17.5 Å². The summed E-state index contributed by atoms with van der Waals surface area (Å²) in [6.45, 7) is 5.84. The summed E-state index contributed by atoms with van der Waals surface area (Å²) in [6, 6.07) is 5.72. The molecule has 1 rings (SSSR count). The molecule has 1 unspecified atom stereocenters. The quantitative estimate of drug-likeness (QED) is 0.788. The van der Waals surface area contributed by atoms with Crippen LogP contribution in [0.2, 0.25) is 0 Å². The molecule has 0 aromatic heterocycles. The van der Waals surface area contributed by atoms with Gasteiger partial charge >= 0.3 is 0 Å². The van der Waals surface area contributed by atoms with E-state index in [-0.39, 0.29) is 11.9 Å². The first kappa shape index (κ1) is 12.1. The highest BCUT2D eigenvalue weighted by Crippen LogP contribution is 2.12. The zero-order valence-electron chi connectivity index (χ0n) is 9.30. The Kier molecular flexibility index (Phi) is 4.15. The van der Waals surface area contributed by atoms with Crippen LogP contribution in [0.5, 0.6) is 0 Å². The third-order valence-corrected chi connectivity index (χ3v) is 2.92. The highest BCUT2D eigenvalue weighted by atomic mass is 35.5. The van der Waals surface area contributed by atoms with E-state index in [1.165, 1.54) is 0 Å². The maximum atomic E-state index is 11.8. The number of amides is 1. The SMILES string of the molecule is Cc1cccc(C(=O)NC(C)CCl)c1C. The van der Waals surface area contributed by atoms with Crippen molar-refractivity contribution >= 4 is 17.5 Å². The first-order valence-electron chi connectivity index (χ1n) is 4.99. The molecule has 0 radical (unpaired) electrons. The summed E-state index contributed by atoms with van der Waals surface area (Å²) in [5, 5.41) is 2.84. The van der Waals surface area contributed by atoms with Crippen molar-refractivity contribution in [3.05, 3.63) is 34.9 Å². The zero-order valence-corrected chi connectivity index (χ0v) is 10.1. The van der Waals surface area contributed by atoms with Crippen LogP contribution in [0, 0.1) is 13.8 Å². The summed E-state index contributed by atoms with van der Waals surface area (Å²) < 4.78 is 0. The van der Waals surface area contributed by atoms with E-state index in [1.54, 1.807) is 0 Å². The van der Waals surface area contributed by atoms with Crippen LogP contribution >= 0.6 is 11.6 Å². The highest BCUT2D eigenvalue weighted by Gasteiger charge is 2.11. The molecule has 0 aliphatic heterocycles. The van der Waals surface area contributed by atoms with Crippen LogP contribution in [-0.2, 0) is 0 Å². The second-order valence-electron chi connectivity index (χ2n) is 3.78. The lowest BCUT2D eigenvalue weighted by Crippen LogP contribution is -2.34. The number of benzene rings is 1. The van der Waals surface area contributed by atoms with Crippen molar-refractivity contribution in [2.45, 2.75) is 26.8 Å². The molecule has 1 amide bonds. The fraction of sp³-hybridized carbons (Fsp3) is 0.417. The Bertz CT molecular complexity index is 363. The van der Waals surface area contributed by atoms with Gasteiger partial charge in [0.25, 0.3) is 5.91 Å². The van der Waals surface area contributed by atoms with Crippen LogP contribution in [0.15, 0.2) is 18.2 Å². The van der Waals surface area contributed by atoms with Crippen molar-refractivity contribution in [3.8, 4) is 0 Å². The molecule has 0 fully saturated rings. The van der Waals surface area contributed by atoms with Gasteiger partial charge in [-0.05, 0) is 38.0 Å². The number of nitrogens with one attached hydrogen (secondary N) is 1. The number of alkyl halides is 1. The van der Waals surface area contributed by atoms with Crippen LogP contribution in [-0.4, -0.2) is 17.8 Å². The van der Waals surface area contributed by atoms with Crippen LogP contribution in [0.25, 0.3) is 0 Å². The van der Waals surface area contributed by atoms with Gasteiger partial charge in [-0.3, -0.25) is 4.79 Å². The summed E-state index contributed by atoms with van der Waals surface area (Å²) in [6.07, 6.45) is 0. The van der Waals surface area contributed by atoms with Gasteiger partial charge in [0.2, 0.25) is 0 Å². The summed E-state index contributed by atoms with van der Waals surface area (Å²) in [5.41, 5.74) is 2.88. The summed E-state index contributed by atoms with van der Waals surface area (Å²) in [4.78, 5) is 11.8. The van der Waals surface area contributed by atoms with Gasteiger partial charge in [-0.1, -0.05) is 12.1 Å². The smallest absolute Gasteiger partial charge is 0.251 e. The van der Waals surface area contributed by atoms with E-state index < -0.39 is 0 Å². The van der Waals surface area contributed by atoms with Gasteiger partial charge in [0.1, 0.15) is 0 Å². The number of halogens is 1. The highest BCUT2D eigenvalue weighted by molar-refractivity contribution is 6.18. The van der Waals surface area contributed by atoms with E-state index in [9.17, 15) is 4.79 Å². The summed E-state index contributed by atoms with van der Waals surface area (Å²) in [7, 11) is 0. The maximum absolute atomic E-state index is 11.8. The fourth-order valence-corrected chi connectivity index (χ4v) is 1.41. The van der Waals surface area contributed by atoms with Crippen molar-refractivity contribution < 1.29 is 4.79 Å². The fourth-order valence-electron chi connectivity index (χ4n) is 1.34. The molecular weight excluding hydrogens is 210 g/mol. The first-order chi connectivity index (χ1) is 7.06. The average Bonchev–Trinajstić information content (AvgIpc) is 2.21. The average molecular weight is 226 g/mol. The van der Waals surface area contributed by atoms with Gasteiger partial charge in [-0.15, -0.1) is 11.6 Å². The molecule has 0 bridgehead atoms. The Hall–Kier alpha value is -1.02. The molecule has 3 heteroatoms. The number of hydrogen-bond acceptors (Lipinski definition) is 1. The van der Waals surface area contributed by atoms with Gasteiger partial charge < -0.3 is 5.32 Å². The molecule has 0 saturated carbocycles. The predicted octanol–water partition coefficient (Wildman–Crippen LogP) is 2.66. The van der Waals surface area contributed by atoms with Crippen LogP contribution in [0.4, 0.5) is 0 Å². The molecule has 0 spiro atoms. The molecule has 2 nitrogen and oxygen atoms in total. The first-order valence-corrected chi connectivity index (χ1v) is 5.52. The van der Waals surface area contributed by atoms with E-state index in [1.807, 2.05) is 39.0 Å². The minimum absolute atomic E-state index is 0.000853. The number of carbonyl (C=O) groups is 1. The van der Waals surface area contributed by atoms with Gasteiger partial charge in [0.05, 0.1) is 0 Å². The third-order valence-electron chi connectivity index (χ3n) is 2.46. The summed E-state index contributed by atoms with van der Waals surface area (Å²) >= 11 is 5.64. The standard InChI is InChI=1S/C12H16ClNO/c1-8-5-4-6-11(10(8)3)12(15)14-9(2)7-13/h4-6,9H,7H2,1-3H3,(H,14,15). The minimum Gasteiger partial charge on any atom is -0.348 e. The molecular formula is C12H16ClNO. The van der Waals surface area contributed by atoms with Crippen molar-refractivity contribution in [1.29, 1.82) is 0 Å². The molecule has 1 aromatic rings. The van der Waals surface area contributed by atoms with E-state index >= 15 is 0 Å². The van der Waals surface area contributed by atoms with Crippen molar-refractivity contribution in [3.63, 3.8) is 0 Å². The van der Waals surface area contributed by atoms with Crippen LogP contribution in [0.1, 0.15) is 28.4 Å². The molecule has 1 aromatic carbocycles. The van der Waals surface area contributed by atoms with Crippen LogP contribution in [0.3, 0.4) is 0 Å². The zero-order chi connectivity index (χ0) is 11.4. The Morgan fingerprint density at radius 3 is 2.73 bits per heavy atom. The molecule has 82 valence electrons. The molecule has 15 heavy (non-hydrogen) atoms. The second-order valence-corrected chi connectivity index (χ2v) is 4.08. The van der Waals surface area contributed by atoms with Gasteiger partial charge in [-0.2, -0.15) is 0 Å². The van der Waals surface area contributed by atoms with E-state index in [4.69, 9.17) is 11.6 Å². The second kappa shape index (κ2) is 5.17. The number of aryl methyl sites for hydroxylation is 1. The van der Waals surface area contributed by atoms with Crippen molar-refractivity contribution in [2.75, 3.05) is 5.88 Å². The Morgan fingerprint density at radius 1 is 1.47 bits per heavy atom. The summed E-state index contributed by atoms with van der Waals surface area (Å²) in [5.74, 6) is 0.376. The molecule has 1 atom stereocenters. The van der Waals surface area contributed by atoms with Crippen molar-refractivity contribution in [2.24, 2.45) is 0 Å². The van der Waals surface area contributed by atoms with Crippen molar-refractivity contribution in [1.82, 2.24) is 5.32 Å². The number of rotatable bonds is 3. The van der Waals surface area contributed by atoms with E-state index in [2.05, 4.69) is 5.32 Å². The minimum atomic E-state index is -0.0515. The number of hydrogen-bond donors (Lipinski definition) is 1. The molecule has 0 saturated heterocycles. The van der Waals surface area contributed by atoms with E-state index in [0.29, 0.717) is 5.88 Å². The largest absolute Gasteiger partial charge is 0.348 e. The number of carbonyl (C=O) groups excluding carboxylic acids is 1. The third kappa shape index (κ3) is 2.96. The Balaban J connectivity index is 2.87. The van der Waals surface area contributed by atoms with Crippen LogP contribution < -0.4 is 5.32 Å². The van der Waals surface area contributed by atoms with Gasteiger partial charge in [0.15, 0.2) is 0 Å². The Morgan fingerprint density at radius 2 is 2.13 bits per heavy atom.